The molecule has 3 aromatic rings. The molecule has 0 amide bonds. The number of rotatable bonds is 8. The third kappa shape index (κ3) is 5.20. The smallest absolute Gasteiger partial charge is 0.335 e. The van der Waals surface area contributed by atoms with Crippen LogP contribution >= 0.6 is 0 Å². The van der Waals surface area contributed by atoms with Gasteiger partial charge in [0, 0.05) is 0 Å². The van der Waals surface area contributed by atoms with Crippen molar-refractivity contribution >= 4 is 5.97 Å². The third-order valence-corrected chi connectivity index (χ3v) is 4.66. The molecule has 0 aliphatic rings. The summed E-state index contributed by atoms with van der Waals surface area (Å²) in [5.74, 6) is 0.0373. The van der Waals surface area contributed by atoms with Gasteiger partial charge < -0.3 is 9.84 Å². The minimum atomic E-state index is -0.889. The van der Waals surface area contributed by atoms with E-state index in [9.17, 15) is 4.79 Å². The molecule has 0 saturated carbocycles. The second-order valence-electron chi connectivity index (χ2n) is 6.63. The summed E-state index contributed by atoms with van der Waals surface area (Å²) < 4.78 is 6.21. The molecule has 1 unspecified atom stereocenters. The van der Waals surface area contributed by atoms with Gasteiger partial charge in [0.05, 0.1) is 5.56 Å². The molecule has 0 aromatic heterocycles. The van der Waals surface area contributed by atoms with Crippen molar-refractivity contribution in [3.8, 4) is 5.75 Å². The summed E-state index contributed by atoms with van der Waals surface area (Å²) >= 11 is 0. The van der Waals surface area contributed by atoms with Crippen molar-refractivity contribution in [3.05, 3.63) is 101 Å². The van der Waals surface area contributed by atoms with Crippen molar-refractivity contribution in [1.29, 1.82) is 0 Å². The molecule has 138 valence electrons. The molecule has 3 heteroatoms. The number of hydrogen-bond acceptors (Lipinski definition) is 2. The number of para-hydroxylation sites is 1. The Morgan fingerprint density at radius 2 is 1.56 bits per heavy atom. The van der Waals surface area contributed by atoms with E-state index in [-0.39, 0.29) is 6.10 Å². The Kier molecular flexibility index (Phi) is 6.26. The van der Waals surface area contributed by atoms with E-state index in [2.05, 4.69) is 25.1 Å². The molecule has 3 nitrogen and oxygen atoms in total. The first-order valence-corrected chi connectivity index (χ1v) is 9.25. The largest absolute Gasteiger partial charge is 0.486 e. The topological polar surface area (TPSA) is 46.5 Å². The van der Waals surface area contributed by atoms with E-state index in [1.165, 1.54) is 5.56 Å². The van der Waals surface area contributed by atoms with Crippen molar-refractivity contribution < 1.29 is 14.6 Å². The first-order chi connectivity index (χ1) is 13.1. The van der Waals surface area contributed by atoms with Crippen LogP contribution in [-0.4, -0.2) is 11.1 Å². The second-order valence-corrected chi connectivity index (χ2v) is 6.63. The van der Waals surface area contributed by atoms with Crippen LogP contribution in [0.2, 0.25) is 0 Å². The zero-order valence-electron chi connectivity index (χ0n) is 15.5. The van der Waals surface area contributed by atoms with Gasteiger partial charge in [-0.15, -0.1) is 0 Å². The molecule has 0 heterocycles. The maximum absolute atomic E-state index is 10.9. The molecule has 0 bridgehead atoms. The minimum Gasteiger partial charge on any atom is -0.486 e. The molecule has 1 atom stereocenters. The van der Waals surface area contributed by atoms with Crippen LogP contribution in [0.15, 0.2) is 78.9 Å². The summed E-state index contributed by atoms with van der Waals surface area (Å²) in [6, 6.07) is 25.5. The van der Waals surface area contributed by atoms with Gasteiger partial charge in [-0.2, -0.15) is 0 Å². The average Bonchev–Trinajstić information content (AvgIpc) is 2.70. The van der Waals surface area contributed by atoms with Gasteiger partial charge in [0.15, 0.2) is 0 Å². The van der Waals surface area contributed by atoms with Gasteiger partial charge in [-0.25, -0.2) is 4.79 Å². The van der Waals surface area contributed by atoms with Gasteiger partial charge in [0.25, 0.3) is 0 Å². The van der Waals surface area contributed by atoms with Crippen LogP contribution in [0.3, 0.4) is 0 Å². The first-order valence-electron chi connectivity index (χ1n) is 9.25. The van der Waals surface area contributed by atoms with E-state index in [1.807, 2.05) is 48.5 Å². The molecule has 3 rings (SSSR count). The fraction of sp³-hybridized carbons (Fsp3) is 0.208. The van der Waals surface area contributed by atoms with Crippen LogP contribution in [0.5, 0.6) is 5.75 Å². The molecule has 0 aliphatic heterocycles. The SMILES string of the molecule is CC(Oc1ccccc1CCCc1ccc(C(=O)O)cc1)c1ccccc1. The van der Waals surface area contributed by atoms with Gasteiger partial charge in [0.2, 0.25) is 0 Å². The van der Waals surface area contributed by atoms with Crippen LogP contribution < -0.4 is 4.74 Å². The molecule has 0 saturated heterocycles. The van der Waals surface area contributed by atoms with Crippen LogP contribution in [0.4, 0.5) is 0 Å². The maximum atomic E-state index is 10.9. The summed E-state index contributed by atoms with van der Waals surface area (Å²) in [6.07, 6.45) is 2.80. The number of carbonyl (C=O) groups is 1. The number of aryl methyl sites for hydroxylation is 2. The lowest BCUT2D eigenvalue weighted by Crippen LogP contribution is -2.05. The molecule has 0 aliphatic carbocycles. The van der Waals surface area contributed by atoms with E-state index in [0.29, 0.717) is 5.56 Å². The van der Waals surface area contributed by atoms with Crippen LogP contribution in [-0.2, 0) is 12.8 Å². The number of aromatic carboxylic acids is 1. The third-order valence-electron chi connectivity index (χ3n) is 4.66. The molecular weight excluding hydrogens is 336 g/mol. The van der Waals surface area contributed by atoms with E-state index >= 15 is 0 Å². The Bertz CT molecular complexity index is 870. The summed E-state index contributed by atoms with van der Waals surface area (Å²) in [7, 11) is 0. The van der Waals surface area contributed by atoms with Crippen molar-refractivity contribution in [2.45, 2.75) is 32.3 Å². The maximum Gasteiger partial charge on any atom is 0.335 e. The monoisotopic (exact) mass is 360 g/mol. The summed E-state index contributed by atoms with van der Waals surface area (Å²) in [5.41, 5.74) is 3.83. The Morgan fingerprint density at radius 1 is 0.889 bits per heavy atom. The number of carboxylic acids is 1. The minimum absolute atomic E-state index is 0.00378. The number of hydrogen-bond donors (Lipinski definition) is 1. The normalized spacial score (nSPS) is 11.7. The molecule has 1 N–H and O–H groups in total. The predicted octanol–water partition coefficient (Wildman–Crippen LogP) is 5.70. The van der Waals surface area contributed by atoms with Crippen molar-refractivity contribution in [2.24, 2.45) is 0 Å². The lowest BCUT2D eigenvalue weighted by atomic mass is 10.0. The lowest BCUT2D eigenvalue weighted by Gasteiger charge is -2.18. The van der Waals surface area contributed by atoms with Gasteiger partial charge in [-0.1, -0.05) is 60.7 Å². The average molecular weight is 360 g/mol. The predicted molar refractivity (Wildman–Crippen MR) is 107 cm³/mol. The van der Waals surface area contributed by atoms with Crippen LogP contribution in [0.1, 0.15) is 46.5 Å². The lowest BCUT2D eigenvalue weighted by molar-refractivity contribution is 0.0697. The number of carboxylic acid groups (broad SMARTS) is 1. The Balaban J connectivity index is 1.60. The standard InChI is InChI=1S/C24H24O3/c1-18(20-9-3-2-4-10-20)27-23-13-6-5-11-21(23)12-7-8-19-14-16-22(17-15-19)24(25)26/h2-6,9-11,13-18H,7-8,12H2,1H3,(H,25,26). The molecular formula is C24H24O3. The Labute approximate surface area is 160 Å². The van der Waals surface area contributed by atoms with Gasteiger partial charge in [-0.3, -0.25) is 0 Å². The van der Waals surface area contributed by atoms with E-state index in [1.54, 1.807) is 12.1 Å². The highest BCUT2D eigenvalue weighted by Gasteiger charge is 2.10. The zero-order chi connectivity index (χ0) is 19.1. The quantitative estimate of drug-likeness (QED) is 0.560. The number of benzene rings is 3. The van der Waals surface area contributed by atoms with Crippen LogP contribution in [0, 0.1) is 0 Å². The highest BCUT2D eigenvalue weighted by Crippen LogP contribution is 2.26. The van der Waals surface area contributed by atoms with Crippen molar-refractivity contribution in [2.75, 3.05) is 0 Å². The van der Waals surface area contributed by atoms with E-state index in [4.69, 9.17) is 9.84 Å². The fourth-order valence-corrected chi connectivity index (χ4v) is 3.10. The van der Waals surface area contributed by atoms with Crippen LogP contribution in [0.25, 0.3) is 0 Å². The Morgan fingerprint density at radius 3 is 2.26 bits per heavy atom. The molecule has 3 aromatic carbocycles. The molecule has 0 fully saturated rings. The summed E-state index contributed by atoms with van der Waals surface area (Å²) in [6.45, 7) is 2.07. The van der Waals surface area contributed by atoms with Crippen molar-refractivity contribution in [3.63, 3.8) is 0 Å². The van der Waals surface area contributed by atoms with Gasteiger partial charge >= 0.3 is 5.97 Å². The van der Waals surface area contributed by atoms with Gasteiger partial charge in [-0.05, 0) is 61.1 Å². The fourth-order valence-electron chi connectivity index (χ4n) is 3.10. The Hall–Kier alpha value is -3.07. The highest BCUT2D eigenvalue weighted by molar-refractivity contribution is 5.87. The summed E-state index contributed by atoms with van der Waals surface area (Å²) in [4.78, 5) is 10.9. The molecule has 0 spiro atoms. The summed E-state index contributed by atoms with van der Waals surface area (Å²) in [5, 5.41) is 8.97. The van der Waals surface area contributed by atoms with E-state index < -0.39 is 5.97 Å². The molecule has 0 radical (unpaired) electrons. The first kappa shape index (κ1) is 18.7. The number of ether oxygens (including phenoxy) is 1. The van der Waals surface area contributed by atoms with E-state index in [0.717, 1.165) is 36.1 Å². The zero-order valence-corrected chi connectivity index (χ0v) is 15.5. The highest BCUT2D eigenvalue weighted by atomic mass is 16.5. The molecule has 27 heavy (non-hydrogen) atoms. The van der Waals surface area contributed by atoms with Crippen molar-refractivity contribution in [1.82, 2.24) is 0 Å². The second kappa shape index (κ2) is 9.04. The van der Waals surface area contributed by atoms with Gasteiger partial charge in [0.1, 0.15) is 11.9 Å².